The van der Waals surface area contributed by atoms with Crippen molar-refractivity contribution in [2.24, 2.45) is 0 Å². The van der Waals surface area contributed by atoms with Crippen LogP contribution in [0, 0.1) is 0 Å². The summed E-state index contributed by atoms with van der Waals surface area (Å²) in [6.45, 7) is 0. The van der Waals surface area contributed by atoms with Crippen molar-refractivity contribution in [2.75, 3.05) is 0 Å². The molecule has 2 aromatic rings. The number of aromatic amines is 1. The maximum absolute atomic E-state index is 12.4. The Kier molecular flexibility index (Phi) is 4.59. The number of nitrogens with zero attached hydrogens (tertiary/aromatic N) is 1. The lowest BCUT2D eigenvalue weighted by molar-refractivity contribution is 0.171. The van der Waals surface area contributed by atoms with E-state index in [2.05, 4.69) is 20.8 Å². The van der Waals surface area contributed by atoms with Crippen molar-refractivity contribution in [1.29, 1.82) is 0 Å². The van der Waals surface area contributed by atoms with Crippen LogP contribution < -0.4 is 15.4 Å². The highest BCUT2D eigenvalue weighted by Gasteiger charge is 2.31. The first-order valence-electron chi connectivity index (χ1n) is 9.08. The molecule has 1 aromatic heterocycles. The summed E-state index contributed by atoms with van der Waals surface area (Å²) in [5.41, 5.74) is 2.41. The number of H-pyrrole nitrogens is 1. The van der Waals surface area contributed by atoms with Gasteiger partial charge in [-0.3, -0.25) is 5.10 Å². The van der Waals surface area contributed by atoms with E-state index in [9.17, 15) is 4.79 Å². The van der Waals surface area contributed by atoms with E-state index in [1.807, 2.05) is 36.5 Å². The number of amides is 2. The van der Waals surface area contributed by atoms with Crippen molar-refractivity contribution in [3.05, 3.63) is 47.8 Å². The van der Waals surface area contributed by atoms with Gasteiger partial charge in [-0.2, -0.15) is 5.10 Å². The van der Waals surface area contributed by atoms with Gasteiger partial charge >= 0.3 is 6.03 Å². The molecule has 1 saturated carbocycles. The molecule has 6 heteroatoms. The minimum atomic E-state index is -0.0921. The molecule has 0 aliphatic heterocycles. The first kappa shape index (κ1) is 16.0. The van der Waals surface area contributed by atoms with Gasteiger partial charge in [0.15, 0.2) is 0 Å². The normalized spacial score (nSPS) is 25.2. The van der Waals surface area contributed by atoms with E-state index in [0.29, 0.717) is 0 Å². The number of aryl methyl sites for hydroxylation is 1. The number of ether oxygens (including phenoxy) is 1. The Morgan fingerprint density at radius 3 is 2.92 bits per heavy atom. The van der Waals surface area contributed by atoms with Crippen LogP contribution in [0.25, 0.3) is 0 Å². The summed E-state index contributed by atoms with van der Waals surface area (Å²) in [7, 11) is 0. The maximum atomic E-state index is 12.4. The molecule has 6 nitrogen and oxygen atoms in total. The van der Waals surface area contributed by atoms with Gasteiger partial charge in [-0.25, -0.2) is 4.79 Å². The molecule has 1 fully saturated rings. The highest BCUT2D eigenvalue weighted by atomic mass is 16.5. The van der Waals surface area contributed by atoms with Crippen molar-refractivity contribution in [3.63, 3.8) is 0 Å². The molecule has 0 spiro atoms. The number of para-hydroxylation sites is 1. The highest BCUT2D eigenvalue weighted by Crippen LogP contribution is 2.25. The predicted molar refractivity (Wildman–Crippen MR) is 94.6 cm³/mol. The van der Waals surface area contributed by atoms with Crippen LogP contribution in [-0.4, -0.2) is 34.4 Å². The van der Waals surface area contributed by atoms with Crippen LogP contribution in [-0.2, 0) is 12.8 Å². The SMILES string of the molecule is O=C(NC1CCc2[nH]ncc2C1)NC1CCCC1Oc1ccccc1. The molecule has 4 rings (SSSR count). The van der Waals surface area contributed by atoms with Crippen molar-refractivity contribution in [2.45, 2.75) is 56.7 Å². The lowest BCUT2D eigenvalue weighted by atomic mass is 9.94. The van der Waals surface area contributed by atoms with Gasteiger partial charge in [-0.15, -0.1) is 0 Å². The van der Waals surface area contributed by atoms with Crippen LogP contribution in [0.2, 0.25) is 0 Å². The van der Waals surface area contributed by atoms with E-state index in [0.717, 1.165) is 44.3 Å². The molecule has 0 saturated heterocycles. The van der Waals surface area contributed by atoms with Crippen LogP contribution in [0.1, 0.15) is 36.9 Å². The predicted octanol–water partition coefficient (Wildman–Crippen LogP) is 2.57. The number of hydrogen-bond acceptors (Lipinski definition) is 3. The van der Waals surface area contributed by atoms with Gasteiger partial charge in [0.25, 0.3) is 0 Å². The highest BCUT2D eigenvalue weighted by molar-refractivity contribution is 5.74. The number of urea groups is 1. The Bertz CT molecular complexity index is 715. The van der Waals surface area contributed by atoms with Crippen molar-refractivity contribution >= 4 is 6.03 Å². The van der Waals surface area contributed by atoms with Crippen LogP contribution in [0.3, 0.4) is 0 Å². The van der Waals surface area contributed by atoms with E-state index in [4.69, 9.17) is 4.74 Å². The van der Waals surface area contributed by atoms with E-state index < -0.39 is 0 Å². The van der Waals surface area contributed by atoms with Crippen LogP contribution in [0.5, 0.6) is 5.75 Å². The fourth-order valence-electron chi connectivity index (χ4n) is 3.84. The fraction of sp³-hybridized carbons (Fsp3) is 0.474. The van der Waals surface area contributed by atoms with E-state index in [1.54, 1.807) is 0 Å². The molecule has 2 amide bonds. The van der Waals surface area contributed by atoms with E-state index in [-0.39, 0.29) is 24.2 Å². The first-order chi connectivity index (χ1) is 12.3. The first-order valence-corrected chi connectivity index (χ1v) is 9.08. The van der Waals surface area contributed by atoms with Crippen molar-refractivity contribution in [3.8, 4) is 5.75 Å². The molecule has 132 valence electrons. The molecule has 3 N–H and O–H groups in total. The average Bonchev–Trinajstić information content (AvgIpc) is 3.25. The summed E-state index contributed by atoms with van der Waals surface area (Å²) in [4.78, 5) is 12.4. The lowest BCUT2D eigenvalue weighted by Crippen LogP contribution is -2.50. The van der Waals surface area contributed by atoms with Gasteiger partial charge in [0.05, 0.1) is 12.2 Å². The molecule has 0 radical (unpaired) electrons. The molecule has 1 aromatic carbocycles. The van der Waals surface area contributed by atoms with Crippen LogP contribution >= 0.6 is 0 Å². The summed E-state index contributed by atoms with van der Waals surface area (Å²) in [5.74, 6) is 0.862. The van der Waals surface area contributed by atoms with Gasteiger partial charge in [-0.1, -0.05) is 18.2 Å². The third-order valence-corrected chi connectivity index (χ3v) is 5.15. The van der Waals surface area contributed by atoms with Gasteiger partial charge in [-0.05, 0) is 56.2 Å². The zero-order valence-corrected chi connectivity index (χ0v) is 14.2. The van der Waals surface area contributed by atoms with E-state index >= 15 is 0 Å². The Morgan fingerprint density at radius 1 is 1.16 bits per heavy atom. The quantitative estimate of drug-likeness (QED) is 0.800. The van der Waals surface area contributed by atoms with Crippen molar-refractivity contribution in [1.82, 2.24) is 20.8 Å². The molecular weight excluding hydrogens is 316 g/mol. The fourth-order valence-corrected chi connectivity index (χ4v) is 3.84. The molecule has 25 heavy (non-hydrogen) atoms. The average molecular weight is 340 g/mol. The molecule has 0 bridgehead atoms. The standard InChI is InChI=1S/C19H24N4O2/c24-19(21-14-9-10-16-13(11-14)12-20-23-16)22-17-7-4-8-18(17)25-15-5-2-1-3-6-15/h1-3,5-6,12,14,17-18H,4,7-11H2,(H,20,23)(H2,21,22,24). The third-order valence-electron chi connectivity index (χ3n) is 5.15. The van der Waals surface area contributed by atoms with Gasteiger partial charge in [0.2, 0.25) is 0 Å². The molecule has 2 aliphatic rings. The molecule has 1 heterocycles. The van der Waals surface area contributed by atoms with Crippen molar-refractivity contribution < 1.29 is 9.53 Å². The Hall–Kier alpha value is -2.50. The third kappa shape index (κ3) is 3.78. The zero-order valence-electron chi connectivity index (χ0n) is 14.2. The topological polar surface area (TPSA) is 79.0 Å². The number of hydrogen-bond donors (Lipinski definition) is 3. The van der Waals surface area contributed by atoms with E-state index in [1.165, 1.54) is 11.3 Å². The number of aromatic nitrogens is 2. The van der Waals surface area contributed by atoms with Gasteiger partial charge < -0.3 is 15.4 Å². The summed E-state index contributed by atoms with van der Waals surface area (Å²) in [6.07, 6.45) is 7.63. The Labute approximate surface area is 147 Å². The molecular formula is C19H24N4O2. The Morgan fingerprint density at radius 2 is 2.04 bits per heavy atom. The summed E-state index contributed by atoms with van der Waals surface area (Å²) in [6, 6.07) is 9.96. The molecule has 2 aliphatic carbocycles. The molecule has 3 unspecified atom stereocenters. The van der Waals surface area contributed by atoms with Gasteiger partial charge in [0, 0.05) is 11.7 Å². The summed E-state index contributed by atoms with van der Waals surface area (Å²) < 4.78 is 6.06. The van der Waals surface area contributed by atoms with Crippen LogP contribution in [0.15, 0.2) is 36.5 Å². The number of rotatable bonds is 4. The summed E-state index contributed by atoms with van der Waals surface area (Å²) >= 11 is 0. The summed E-state index contributed by atoms with van der Waals surface area (Å²) in [5, 5.41) is 13.3. The number of carbonyl (C=O) groups is 1. The molecule has 3 atom stereocenters. The second-order valence-corrected chi connectivity index (χ2v) is 6.94. The number of fused-ring (bicyclic) bond motifs is 1. The minimum absolute atomic E-state index is 0.0417. The number of nitrogens with one attached hydrogen (secondary N) is 3. The maximum Gasteiger partial charge on any atom is 0.315 e. The largest absolute Gasteiger partial charge is 0.488 e. The van der Waals surface area contributed by atoms with Crippen LogP contribution in [0.4, 0.5) is 4.79 Å². The smallest absolute Gasteiger partial charge is 0.315 e. The lowest BCUT2D eigenvalue weighted by Gasteiger charge is -2.26. The second kappa shape index (κ2) is 7.17. The number of carbonyl (C=O) groups excluding carboxylic acids is 1. The Balaban J connectivity index is 1.30. The minimum Gasteiger partial charge on any atom is -0.488 e. The zero-order chi connectivity index (χ0) is 17.1. The number of benzene rings is 1. The second-order valence-electron chi connectivity index (χ2n) is 6.94. The van der Waals surface area contributed by atoms with Gasteiger partial charge in [0.1, 0.15) is 11.9 Å². The monoisotopic (exact) mass is 340 g/mol.